The topological polar surface area (TPSA) is 50.8 Å². The summed E-state index contributed by atoms with van der Waals surface area (Å²) in [6.07, 6.45) is 3.57. The van der Waals surface area contributed by atoms with Crippen LogP contribution in [-0.4, -0.2) is 13.1 Å². The number of nitrogens with zero attached hydrogens (tertiary/aromatic N) is 3. The Morgan fingerprint density at radius 3 is 2.24 bits per heavy atom. The summed E-state index contributed by atoms with van der Waals surface area (Å²) in [5, 5.41) is 17.3. The van der Waals surface area contributed by atoms with Crippen LogP contribution in [-0.2, 0) is 0 Å². The molecule has 0 N–H and O–H groups in total. The number of benzene rings is 1. The molecular formula is C14H13N3. The third kappa shape index (κ3) is 2.65. The summed E-state index contributed by atoms with van der Waals surface area (Å²) >= 11 is 0. The van der Waals surface area contributed by atoms with Crippen molar-refractivity contribution in [1.82, 2.24) is 0 Å². The maximum absolute atomic E-state index is 8.73. The molecule has 0 aromatic heterocycles. The predicted molar refractivity (Wildman–Crippen MR) is 66.3 cm³/mol. The van der Waals surface area contributed by atoms with Gasteiger partial charge in [0.05, 0.1) is 17.7 Å². The molecule has 1 aliphatic rings. The second-order valence-corrected chi connectivity index (χ2v) is 4.08. The molecule has 0 unspecified atom stereocenters. The molecule has 1 aromatic rings. The molecule has 17 heavy (non-hydrogen) atoms. The standard InChI is InChI=1S/C14H13N3/c15-8-5-12-6-9-17(10-7-12)14-3-1-13(11-16)2-4-14/h1-5H,6-7,9-10H2. The van der Waals surface area contributed by atoms with Crippen LogP contribution >= 0.6 is 0 Å². The average Bonchev–Trinajstić information content (AvgIpc) is 2.40. The molecule has 0 amide bonds. The van der Waals surface area contributed by atoms with Crippen molar-refractivity contribution < 1.29 is 0 Å². The third-order valence-electron chi connectivity index (χ3n) is 3.04. The molecule has 0 aliphatic carbocycles. The molecule has 2 rings (SSSR count). The van der Waals surface area contributed by atoms with Gasteiger partial charge in [-0.2, -0.15) is 10.5 Å². The Hall–Kier alpha value is -2.26. The van der Waals surface area contributed by atoms with Gasteiger partial charge in [0, 0.05) is 24.9 Å². The van der Waals surface area contributed by atoms with E-state index in [4.69, 9.17) is 10.5 Å². The van der Waals surface area contributed by atoms with E-state index in [0.717, 1.165) is 31.6 Å². The monoisotopic (exact) mass is 223 g/mol. The number of hydrogen-bond acceptors (Lipinski definition) is 3. The molecule has 0 spiro atoms. The Morgan fingerprint density at radius 2 is 1.71 bits per heavy atom. The minimum absolute atomic E-state index is 0.691. The van der Waals surface area contributed by atoms with Crippen LogP contribution in [0, 0.1) is 22.7 Å². The lowest BCUT2D eigenvalue weighted by Gasteiger charge is -2.30. The maximum atomic E-state index is 8.73. The van der Waals surface area contributed by atoms with Crippen LogP contribution in [0.2, 0.25) is 0 Å². The van der Waals surface area contributed by atoms with Gasteiger partial charge in [-0.15, -0.1) is 0 Å². The van der Waals surface area contributed by atoms with Gasteiger partial charge in [-0.05, 0) is 37.1 Å². The maximum Gasteiger partial charge on any atom is 0.0991 e. The van der Waals surface area contributed by atoms with Gasteiger partial charge in [0.15, 0.2) is 0 Å². The molecule has 0 saturated carbocycles. The minimum Gasteiger partial charge on any atom is -0.371 e. The lowest BCUT2D eigenvalue weighted by atomic mass is 10.0. The van der Waals surface area contributed by atoms with Gasteiger partial charge in [-0.3, -0.25) is 0 Å². The van der Waals surface area contributed by atoms with Crippen molar-refractivity contribution in [1.29, 1.82) is 10.5 Å². The highest BCUT2D eigenvalue weighted by Gasteiger charge is 2.13. The van der Waals surface area contributed by atoms with Crippen molar-refractivity contribution in [3.8, 4) is 12.1 Å². The van der Waals surface area contributed by atoms with Gasteiger partial charge in [0.2, 0.25) is 0 Å². The first-order valence-electron chi connectivity index (χ1n) is 5.66. The van der Waals surface area contributed by atoms with E-state index in [1.165, 1.54) is 5.57 Å². The summed E-state index contributed by atoms with van der Waals surface area (Å²) < 4.78 is 0. The largest absolute Gasteiger partial charge is 0.371 e. The van der Waals surface area contributed by atoms with E-state index in [0.29, 0.717) is 5.56 Å². The van der Waals surface area contributed by atoms with Crippen molar-refractivity contribution in [2.45, 2.75) is 12.8 Å². The lowest BCUT2D eigenvalue weighted by Crippen LogP contribution is -2.30. The van der Waals surface area contributed by atoms with Gasteiger partial charge < -0.3 is 4.90 Å². The SMILES string of the molecule is N#CC=C1CCN(c2ccc(C#N)cc2)CC1. The Balaban J connectivity index is 2.04. The molecular weight excluding hydrogens is 210 g/mol. The molecule has 1 fully saturated rings. The van der Waals surface area contributed by atoms with Gasteiger partial charge >= 0.3 is 0 Å². The Bertz CT molecular complexity index is 490. The van der Waals surface area contributed by atoms with E-state index in [9.17, 15) is 0 Å². The number of piperidine rings is 1. The smallest absolute Gasteiger partial charge is 0.0991 e. The van der Waals surface area contributed by atoms with Crippen LogP contribution in [0.5, 0.6) is 0 Å². The highest BCUT2D eigenvalue weighted by atomic mass is 15.1. The fourth-order valence-electron chi connectivity index (χ4n) is 2.03. The Morgan fingerprint density at radius 1 is 1.06 bits per heavy atom. The fourth-order valence-corrected chi connectivity index (χ4v) is 2.03. The molecule has 0 radical (unpaired) electrons. The number of hydrogen-bond donors (Lipinski definition) is 0. The van der Waals surface area contributed by atoms with E-state index >= 15 is 0 Å². The van der Waals surface area contributed by atoms with Crippen LogP contribution in [0.1, 0.15) is 18.4 Å². The van der Waals surface area contributed by atoms with Crippen molar-refractivity contribution in [3.63, 3.8) is 0 Å². The van der Waals surface area contributed by atoms with Crippen molar-refractivity contribution in [3.05, 3.63) is 41.5 Å². The zero-order valence-electron chi connectivity index (χ0n) is 9.56. The summed E-state index contributed by atoms with van der Waals surface area (Å²) in [5.41, 5.74) is 3.08. The Labute approximate surface area is 101 Å². The molecule has 1 heterocycles. The quantitative estimate of drug-likeness (QED) is 0.687. The lowest BCUT2D eigenvalue weighted by molar-refractivity contribution is 0.685. The van der Waals surface area contributed by atoms with Crippen LogP contribution in [0.15, 0.2) is 35.9 Å². The second-order valence-electron chi connectivity index (χ2n) is 4.08. The molecule has 3 heteroatoms. The first-order chi connectivity index (χ1) is 8.33. The van der Waals surface area contributed by atoms with Crippen LogP contribution in [0.3, 0.4) is 0 Å². The second kappa shape index (κ2) is 5.18. The molecule has 0 atom stereocenters. The first-order valence-corrected chi connectivity index (χ1v) is 5.66. The number of allylic oxidation sites excluding steroid dienone is 1. The van der Waals surface area contributed by atoms with Gasteiger partial charge in [0.1, 0.15) is 0 Å². The summed E-state index contributed by atoms with van der Waals surface area (Å²) in [7, 11) is 0. The van der Waals surface area contributed by atoms with Crippen molar-refractivity contribution in [2.24, 2.45) is 0 Å². The van der Waals surface area contributed by atoms with Crippen molar-refractivity contribution in [2.75, 3.05) is 18.0 Å². The number of rotatable bonds is 1. The molecule has 1 saturated heterocycles. The summed E-state index contributed by atoms with van der Waals surface area (Å²) in [4.78, 5) is 2.29. The average molecular weight is 223 g/mol. The minimum atomic E-state index is 0.691. The van der Waals surface area contributed by atoms with Gasteiger partial charge in [0.25, 0.3) is 0 Å². The molecule has 3 nitrogen and oxygen atoms in total. The Kier molecular flexibility index (Phi) is 3.43. The van der Waals surface area contributed by atoms with Crippen LogP contribution in [0.25, 0.3) is 0 Å². The summed E-state index contributed by atoms with van der Waals surface area (Å²) in [5.74, 6) is 0. The van der Waals surface area contributed by atoms with Crippen molar-refractivity contribution >= 4 is 5.69 Å². The number of anilines is 1. The van der Waals surface area contributed by atoms with E-state index in [1.807, 2.05) is 24.3 Å². The summed E-state index contributed by atoms with van der Waals surface area (Å²) in [6, 6.07) is 11.9. The fraction of sp³-hybridized carbons (Fsp3) is 0.286. The molecule has 1 aromatic carbocycles. The predicted octanol–water partition coefficient (Wildman–Crippen LogP) is 2.61. The molecule has 84 valence electrons. The first kappa shape index (κ1) is 11.2. The van der Waals surface area contributed by atoms with Crippen LogP contribution < -0.4 is 4.90 Å². The van der Waals surface area contributed by atoms with Gasteiger partial charge in [-0.1, -0.05) is 5.57 Å². The normalized spacial score (nSPS) is 14.9. The summed E-state index contributed by atoms with van der Waals surface area (Å²) in [6.45, 7) is 1.89. The van der Waals surface area contributed by atoms with E-state index < -0.39 is 0 Å². The number of nitriles is 2. The van der Waals surface area contributed by atoms with E-state index in [2.05, 4.69) is 17.0 Å². The molecule has 0 bridgehead atoms. The third-order valence-corrected chi connectivity index (χ3v) is 3.04. The molecule has 1 aliphatic heterocycles. The zero-order valence-corrected chi connectivity index (χ0v) is 9.56. The van der Waals surface area contributed by atoms with E-state index in [-0.39, 0.29) is 0 Å². The van der Waals surface area contributed by atoms with E-state index in [1.54, 1.807) is 6.08 Å². The zero-order chi connectivity index (χ0) is 12.1. The van der Waals surface area contributed by atoms with Gasteiger partial charge in [-0.25, -0.2) is 0 Å². The highest BCUT2D eigenvalue weighted by Crippen LogP contribution is 2.22. The van der Waals surface area contributed by atoms with Crippen LogP contribution in [0.4, 0.5) is 5.69 Å². The highest BCUT2D eigenvalue weighted by molar-refractivity contribution is 5.50.